The van der Waals surface area contributed by atoms with Gasteiger partial charge in [0.25, 0.3) is 0 Å². The number of rotatable bonds is 3. The van der Waals surface area contributed by atoms with Gasteiger partial charge in [-0.05, 0) is 18.8 Å². The number of carbonyl (C=O) groups excluding carboxylic acids is 1. The van der Waals surface area contributed by atoms with E-state index in [9.17, 15) is 4.79 Å². The van der Waals surface area contributed by atoms with Gasteiger partial charge in [0.1, 0.15) is 5.69 Å². The van der Waals surface area contributed by atoms with E-state index in [1.165, 1.54) is 0 Å². The Morgan fingerprint density at radius 3 is 2.76 bits per heavy atom. The van der Waals surface area contributed by atoms with E-state index in [0.717, 1.165) is 32.5 Å². The van der Waals surface area contributed by atoms with Gasteiger partial charge in [-0.1, -0.05) is 5.21 Å². The van der Waals surface area contributed by atoms with Crippen molar-refractivity contribution < 1.29 is 9.90 Å². The summed E-state index contributed by atoms with van der Waals surface area (Å²) in [5.41, 5.74) is 0.603. The van der Waals surface area contributed by atoms with E-state index in [1.54, 1.807) is 17.8 Å². The number of piperidine rings is 1. The van der Waals surface area contributed by atoms with Crippen LogP contribution in [0.15, 0.2) is 6.20 Å². The number of aromatic nitrogens is 3. The Kier molecular flexibility index (Phi) is 3.73. The minimum absolute atomic E-state index is 0.0667. The van der Waals surface area contributed by atoms with Crippen molar-refractivity contribution in [1.82, 2.24) is 19.9 Å². The molecule has 94 valence electrons. The Morgan fingerprint density at radius 2 is 2.24 bits per heavy atom. The molecule has 1 saturated heterocycles. The summed E-state index contributed by atoms with van der Waals surface area (Å²) >= 11 is 0. The van der Waals surface area contributed by atoms with Crippen molar-refractivity contribution in [2.24, 2.45) is 5.92 Å². The minimum atomic E-state index is -0.0667. The first-order valence-corrected chi connectivity index (χ1v) is 5.94. The molecule has 17 heavy (non-hydrogen) atoms. The van der Waals surface area contributed by atoms with E-state index >= 15 is 0 Å². The summed E-state index contributed by atoms with van der Waals surface area (Å²) in [5, 5.41) is 16.7. The first-order chi connectivity index (χ1) is 8.19. The molecule has 0 bridgehead atoms. The van der Waals surface area contributed by atoms with Crippen LogP contribution in [-0.4, -0.2) is 44.0 Å². The van der Waals surface area contributed by atoms with E-state index in [1.807, 2.05) is 4.90 Å². The van der Waals surface area contributed by atoms with Crippen LogP contribution in [0.3, 0.4) is 0 Å². The maximum atomic E-state index is 11.2. The monoisotopic (exact) mass is 238 g/mol. The fourth-order valence-corrected chi connectivity index (χ4v) is 2.20. The van der Waals surface area contributed by atoms with Gasteiger partial charge in [0.2, 0.25) is 5.91 Å². The molecule has 0 atom stereocenters. The van der Waals surface area contributed by atoms with E-state index in [-0.39, 0.29) is 12.5 Å². The quantitative estimate of drug-likeness (QED) is 0.806. The molecule has 1 N–H and O–H groups in total. The van der Waals surface area contributed by atoms with Crippen LogP contribution in [0.4, 0.5) is 0 Å². The van der Waals surface area contributed by atoms with Crippen LogP contribution in [-0.2, 0) is 17.9 Å². The average Bonchev–Trinajstić information content (AvgIpc) is 2.77. The summed E-state index contributed by atoms with van der Waals surface area (Å²) in [4.78, 5) is 13.1. The largest absolute Gasteiger partial charge is 0.390 e. The highest BCUT2D eigenvalue weighted by atomic mass is 16.3. The van der Waals surface area contributed by atoms with E-state index < -0.39 is 0 Å². The molecular weight excluding hydrogens is 220 g/mol. The molecule has 2 rings (SSSR count). The summed E-state index contributed by atoms with van der Waals surface area (Å²) < 4.78 is 1.78. The number of amides is 1. The molecule has 0 aromatic carbocycles. The molecule has 0 unspecified atom stereocenters. The fourth-order valence-electron chi connectivity index (χ4n) is 2.20. The number of hydrogen-bond donors (Lipinski definition) is 1. The van der Waals surface area contributed by atoms with Crippen molar-refractivity contribution in [3.8, 4) is 0 Å². The van der Waals surface area contributed by atoms with Gasteiger partial charge in [0, 0.05) is 26.6 Å². The third-order valence-corrected chi connectivity index (χ3v) is 3.25. The second-order valence-corrected chi connectivity index (χ2v) is 4.54. The Bertz CT molecular complexity index is 383. The molecular formula is C11H18N4O2. The highest BCUT2D eigenvalue weighted by Gasteiger charge is 2.21. The van der Waals surface area contributed by atoms with Crippen LogP contribution in [0.25, 0.3) is 0 Å². The van der Waals surface area contributed by atoms with Gasteiger partial charge in [0.05, 0.1) is 12.8 Å². The topological polar surface area (TPSA) is 71.2 Å². The molecule has 1 aliphatic rings. The zero-order valence-corrected chi connectivity index (χ0v) is 10.0. The van der Waals surface area contributed by atoms with Gasteiger partial charge in [0.15, 0.2) is 0 Å². The number of aliphatic hydroxyl groups is 1. The van der Waals surface area contributed by atoms with Crippen LogP contribution in [0, 0.1) is 5.92 Å². The second kappa shape index (κ2) is 5.27. The van der Waals surface area contributed by atoms with Gasteiger partial charge < -0.3 is 10.0 Å². The second-order valence-electron chi connectivity index (χ2n) is 4.54. The van der Waals surface area contributed by atoms with Gasteiger partial charge in [-0.25, -0.2) is 0 Å². The van der Waals surface area contributed by atoms with E-state index in [4.69, 9.17) is 5.11 Å². The minimum Gasteiger partial charge on any atom is -0.390 e. The summed E-state index contributed by atoms with van der Waals surface area (Å²) in [6, 6.07) is 0. The van der Waals surface area contributed by atoms with Crippen molar-refractivity contribution in [2.45, 2.75) is 32.9 Å². The standard InChI is InChI=1S/C11H18N4O2/c1-9(17)14-4-2-10(3-5-14)6-15-7-11(8-16)12-13-15/h7,10,16H,2-6,8H2,1H3. The first kappa shape index (κ1) is 12.0. The lowest BCUT2D eigenvalue weighted by atomic mass is 9.97. The van der Waals surface area contributed by atoms with Crippen molar-refractivity contribution in [3.63, 3.8) is 0 Å². The molecule has 6 heteroatoms. The number of hydrogen-bond acceptors (Lipinski definition) is 4. The van der Waals surface area contributed by atoms with Crippen molar-refractivity contribution in [2.75, 3.05) is 13.1 Å². The Morgan fingerprint density at radius 1 is 1.53 bits per heavy atom. The Hall–Kier alpha value is -1.43. The van der Waals surface area contributed by atoms with Crippen molar-refractivity contribution >= 4 is 5.91 Å². The van der Waals surface area contributed by atoms with Crippen LogP contribution < -0.4 is 0 Å². The predicted molar refractivity (Wildman–Crippen MR) is 60.9 cm³/mol. The predicted octanol–water partition coefficient (Wildman–Crippen LogP) is 0.0289. The molecule has 0 aliphatic carbocycles. The molecule has 1 fully saturated rings. The lowest BCUT2D eigenvalue weighted by Crippen LogP contribution is -2.38. The molecule has 1 aromatic heterocycles. The summed E-state index contributed by atoms with van der Waals surface area (Å²) in [7, 11) is 0. The summed E-state index contributed by atoms with van der Waals surface area (Å²) in [6.07, 6.45) is 3.79. The molecule has 1 aromatic rings. The molecule has 6 nitrogen and oxygen atoms in total. The maximum absolute atomic E-state index is 11.2. The highest BCUT2D eigenvalue weighted by molar-refractivity contribution is 5.73. The van der Waals surface area contributed by atoms with Crippen LogP contribution in [0.1, 0.15) is 25.5 Å². The lowest BCUT2D eigenvalue weighted by Gasteiger charge is -2.31. The molecule has 0 saturated carbocycles. The van der Waals surface area contributed by atoms with Gasteiger partial charge in [-0.15, -0.1) is 5.10 Å². The van der Waals surface area contributed by atoms with Gasteiger partial charge in [-0.2, -0.15) is 0 Å². The fraction of sp³-hybridized carbons (Fsp3) is 0.727. The summed E-state index contributed by atoms with van der Waals surface area (Å²) in [5.74, 6) is 0.700. The molecule has 1 amide bonds. The van der Waals surface area contributed by atoms with Gasteiger partial charge >= 0.3 is 0 Å². The van der Waals surface area contributed by atoms with Crippen molar-refractivity contribution in [3.05, 3.63) is 11.9 Å². The number of nitrogens with zero attached hydrogens (tertiary/aromatic N) is 4. The third kappa shape index (κ3) is 3.03. The SMILES string of the molecule is CC(=O)N1CCC(Cn2cc(CO)nn2)CC1. The van der Waals surface area contributed by atoms with Crippen LogP contribution >= 0.6 is 0 Å². The molecule has 2 heterocycles. The molecule has 1 aliphatic heterocycles. The van der Waals surface area contributed by atoms with E-state index in [0.29, 0.717) is 11.6 Å². The number of aliphatic hydroxyl groups excluding tert-OH is 1. The highest BCUT2D eigenvalue weighted by Crippen LogP contribution is 2.18. The van der Waals surface area contributed by atoms with E-state index in [2.05, 4.69) is 10.3 Å². The number of carbonyl (C=O) groups is 1. The van der Waals surface area contributed by atoms with Gasteiger partial charge in [-0.3, -0.25) is 9.48 Å². The smallest absolute Gasteiger partial charge is 0.219 e. The first-order valence-electron chi connectivity index (χ1n) is 5.94. The Labute approximate surface area is 100 Å². The van der Waals surface area contributed by atoms with Crippen molar-refractivity contribution in [1.29, 1.82) is 0 Å². The zero-order chi connectivity index (χ0) is 12.3. The zero-order valence-electron chi connectivity index (χ0n) is 10.0. The molecule has 0 spiro atoms. The lowest BCUT2D eigenvalue weighted by molar-refractivity contribution is -0.130. The number of likely N-dealkylation sites (tertiary alicyclic amines) is 1. The maximum Gasteiger partial charge on any atom is 0.219 e. The average molecular weight is 238 g/mol. The van der Waals surface area contributed by atoms with Crippen LogP contribution in [0.2, 0.25) is 0 Å². The van der Waals surface area contributed by atoms with Crippen LogP contribution in [0.5, 0.6) is 0 Å². The summed E-state index contributed by atoms with van der Waals surface area (Å²) in [6.45, 7) is 4.04. The Balaban J connectivity index is 1.83. The normalized spacial score (nSPS) is 17.4. The molecule has 0 radical (unpaired) electrons. The third-order valence-electron chi connectivity index (χ3n) is 3.25.